The van der Waals surface area contributed by atoms with Gasteiger partial charge in [-0.15, -0.1) is 0 Å². The summed E-state index contributed by atoms with van der Waals surface area (Å²) in [5, 5.41) is 4.09. The van der Waals surface area contributed by atoms with Crippen molar-refractivity contribution in [1.29, 1.82) is 0 Å². The molecule has 3 rings (SSSR count). The lowest BCUT2D eigenvalue weighted by Crippen LogP contribution is -2.34. The van der Waals surface area contributed by atoms with Gasteiger partial charge in [0.1, 0.15) is 0 Å². The zero-order valence-electron chi connectivity index (χ0n) is 10.9. The smallest absolute Gasteiger partial charge is 0.152 e. The van der Waals surface area contributed by atoms with Crippen LogP contribution in [0.3, 0.4) is 0 Å². The number of anilines is 1. The number of hydrogen-bond donors (Lipinski definition) is 1. The average Bonchev–Trinajstić information content (AvgIpc) is 2.37. The second kappa shape index (κ2) is 5.22. The summed E-state index contributed by atoms with van der Waals surface area (Å²) >= 11 is 6.13. The molecule has 1 heterocycles. The van der Waals surface area contributed by atoms with E-state index >= 15 is 0 Å². The topological polar surface area (TPSA) is 24.9 Å². The highest BCUT2D eigenvalue weighted by Crippen LogP contribution is 2.39. The van der Waals surface area contributed by atoms with Gasteiger partial charge in [0.2, 0.25) is 0 Å². The Hall–Kier alpha value is -1.54. The fourth-order valence-electron chi connectivity index (χ4n) is 2.64. The Balaban J connectivity index is 1.63. The molecule has 0 amide bonds. The first-order chi connectivity index (χ1) is 9.24. The average molecular weight is 273 g/mol. The Morgan fingerprint density at radius 2 is 1.89 bits per heavy atom. The van der Waals surface area contributed by atoms with E-state index in [0.29, 0.717) is 17.1 Å². The third kappa shape index (κ3) is 2.59. The third-order valence-corrected chi connectivity index (χ3v) is 4.16. The Morgan fingerprint density at radius 1 is 1.16 bits per heavy atom. The van der Waals surface area contributed by atoms with E-state index in [1.54, 1.807) is 6.20 Å². The van der Waals surface area contributed by atoms with Crippen LogP contribution < -0.4 is 5.32 Å². The van der Waals surface area contributed by atoms with Gasteiger partial charge in [0.25, 0.3) is 0 Å². The molecule has 0 atom stereocenters. The Kier molecular flexibility index (Phi) is 3.43. The second-order valence-corrected chi connectivity index (χ2v) is 5.57. The van der Waals surface area contributed by atoms with Crippen LogP contribution in [0.4, 0.5) is 5.69 Å². The van der Waals surface area contributed by atoms with Crippen molar-refractivity contribution in [2.75, 3.05) is 5.32 Å². The van der Waals surface area contributed by atoms with Gasteiger partial charge in [-0.05, 0) is 42.9 Å². The van der Waals surface area contributed by atoms with Gasteiger partial charge in [0.05, 0.1) is 5.69 Å². The Bertz CT molecular complexity index is 542. The van der Waals surface area contributed by atoms with Crippen molar-refractivity contribution in [3.05, 3.63) is 58.9 Å². The molecular formula is C16H17ClN2. The summed E-state index contributed by atoms with van der Waals surface area (Å²) in [5.74, 6) is 0.675. The number of hydrogen-bond acceptors (Lipinski definition) is 2. The van der Waals surface area contributed by atoms with Crippen LogP contribution >= 0.6 is 11.6 Å². The highest BCUT2D eigenvalue weighted by molar-refractivity contribution is 6.32. The first kappa shape index (κ1) is 12.5. The van der Waals surface area contributed by atoms with Crippen LogP contribution in [-0.4, -0.2) is 11.0 Å². The molecule has 1 fully saturated rings. The molecule has 1 aromatic heterocycles. The van der Waals surface area contributed by atoms with Crippen LogP contribution in [0, 0.1) is 6.92 Å². The summed E-state index contributed by atoms with van der Waals surface area (Å²) in [4.78, 5) is 4.13. The summed E-state index contributed by atoms with van der Waals surface area (Å²) in [5.41, 5.74) is 3.58. The standard InChI is InChI=1S/C16H17ClN2/c1-11-7-8-18-16(17)15(11)19-14-9-13(10-14)12-5-3-2-4-6-12/h2-8,13-14,19H,9-10H2,1H3. The minimum atomic E-state index is 0.505. The molecule has 1 N–H and O–H groups in total. The summed E-state index contributed by atoms with van der Waals surface area (Å²) < 4.78 is 0. The molecule has 2 nitrogen and oxygen atoms in total. The molecule has 1 aliphatic rings. The summed E-state index contributed by atoms with van der Waals surface area (Å²) in [6, 6.07) is 13.2. The molecule has 1 saturated carbocycles. The van der Waals surface area contributed by atoms with Gasteiger partial charge in [0, 0.05) is 12.2 Å². The quantitative estimate of drug-likeness (QED) is 0.838. The highest BCUT2D eigenvalue weighted by Gasteiger charge is 2.30. The van der Waals surface area contributed by atoms with E-state index < -0.39 is 0 Å². The molecule has 19 heavy (non-hydrogen) atoms. The minimum Gasteiger partial charge on any atom is -0.380 e. The predicted octanol–water partition coefficient (Wildman–Crippen LogP) is 4.40. The minimum absolute atomic E-state index is 0.505. The molecule has 0 spiro atoms. The summed E-state index contributed by atoms with van der Waals surface area (Å²) in [6.45, 7) is 2.06. The molecule has 1 aliphatic carbocycles. The number of nitrogens with one attached hydrogen (secondary N) is 1. The van der Waals surface area contributed by atoms with E-state index in [0.717, 1.165) is 24.1 Å². The van der Waals surface area contributed by atoms with Gasteiger partial charge >= 0.3 is 0 Å². The van der Waals surface area contributed by atoms with Crippen LogP contribution in [-0.2, 0) is 0 Å². The van der Waals surface area contributed by atoms with Gasteiger partial charge in [-0.1, -0.05) is 41.9 Å². The van der Waals surface area contributed by atoms with Gasteiger partial charge in [0.15, 0.2) is 5.15 Å². The normalized spacial score (nSPS) is 21.8. The molecule has 0 aliphatic heterocycles. The Labute approximate surface area is 118 Å². The molecule has 0 radical (unpaired) electrons. The third-order valence-electron chi connectivity index (χ3n) is 3.87. The largest absolute Gasteiger partial charge is 0.380 e. The van der Waals surface area contributed by atoms with Crippen LogP contribution in [0.5, 0.6) is 0 Å². The Morgan fingerprint density at radius 3 is 2.58 bits per heavy atom. The van der Waals surface area contributed by atoms with Crippen molar-refractivity contribution in [3.8, 4) is 0 Å². The monoisotopic (exact) mass is 272 g/mol. The molecule has 3 heteroatoms. The first-order valence-electron chi connectivity index (χ1n) is 6.66. The van der Waals surface area contributed by atoms with Crippen molar-refractivity contribution in [3.63, 3.8) is 0 Å². The van der Waals surface area contributed by atoms with Crippen molar-refractivity contribution in [2.24, 2.45) is 0 Å². The molecule has 1 aromatic carbocycles. The fraction of sp³-hybridized carbons (Fsp3) is 0.312. The maximum atomic E-state index is 6.13. The van der Waals surface area contributed by atoms with Gasteiger partial charge in [-0.3, -0.25) is 0 Å². The number of halogens is 1. The number of aryl methyl sites for hydroxylation is 1. The van der Waals surface area contributed by atoms with E-state index in [9.17, 15) is 0 Å². The highest BCUT2D eigenvalue weighted by atomic mass is 35.5. The number of benzene rings is 1. The lowest BCUT2D eigenvalue weighted by molar-refractivity contribution is 0.374. The zero-order chi connectivity index (χ0) is 13.2. The van der Waals surface area contributed by atoms with Crippen molar-refractivity contribution >= 4 is 17.3 Å². The molecule has 0 unspecified atom stereocenters. The van der Waals surface area contributed by atoms with Gasteiger partial charge < -0.3 is 5.32 Å². The van der Waals surface area contributed by atoms with E-state index in [4.69, 9.17) is 11.6 Å². The van der Waals surface area contributed by atoms with Crippen LogP contribution in [0.1, 0.15) is 29.9 Å². The number of pyridine rings is 1. The lowest BCUT2D eigenvalue weighted by atomic mass is 9.76. The van der Waals surface area contributed by atoms with Gasteiger partial charge in [-0.25, -0.2) is 4.98 Å². The number of nitrogens with zero attached hydrogens (tertiary/aromatic N) is 1. The molecule has 0 bridgehead atoms. The molecule has 98 valence electrons. The number of aromatic nitrogens is 1. The summed E-state index contributed by atoms with van der Waals surface area (Å²) in [7, 11) is 0. The van der Waals surface area contributed by atoms with Gasteiger partial charge in [-0.2, -0.15) is 0 Å². The second-order valence-electron chi connectivity index (χ2n) is 5.21. The fourth-order valence-corrected chi connectivity index (χ4v) is 2.90. The molecule has 2 aromatic rings. The van der Waals surface area contributed by atoms with Crippen molar-refractivity contribution < 1.29 is 0 Å². The first-order valence-corrected chi connectivity index (χ1v) is 7.04. The van der Waals surface area contributed by atoms with Crippen LogP contribution in [0.25, 0.3) is 0 Å². The maximum Gasteiger partial charge on any atom is 0.152 e. The SMILES string of the molecule is Cc1ccnc(Cl)c1NC1CC(c2ccccc2)C1. The zero-order valence-corrected chi connectivity index (χ0v) is 11.7. The van der Waals surface area contributed by atoms with E-state index in [2.05, 4.69) is 47.6 Å². The van der Waals surface area contributed by atoms with E-state index in [1.807, 2.05) is 6.07 Å². The van der Waals surface area contributed by atoms with Crippen LogP contribution in [0.2, 0.25) is 5.15 Å². The van der Waals surface area contributed by atoms with E-state index in [1.165, 1.54) is 5.56 Å². The van der Waals surface area contributed by atoms with Crippen molar-refractivity contribution in [1.82, 2.24) is 4.98 Å². The van der Waals surface area contributed by atoms with Crippen LogP contribution in [0.15, 0.2) is 42.6 Å². The predicted molar refractivity (Wildman–Crippen MR) is 79.8 cm³/mol. The van der Waals surface area contributed by atoms with E-state index in [-0.39, 0.29) is 0 Å². The maximum absolute atomic E-state index is 6.13. The summed E-state index contributed by atoms with van der Waals surface area (Å²) in [6.07, 6.45) is 4.07. The molecule has 0 saturated heterocycles. The van der Waals surface area contributed by atoms with Crippen molar-refractivity contribution in [2.45, 2.75) is 31.7 Å². The lowest BCUT2D eigenvalue weighted by Gasteiger charge is -2.37. The number of rotatable bonds is 3. The molecular weight excluding hydrogens is 256 g/mol.